The predicted molar refractivity (Wildman–Crippen MR) is 70.9 cm³/mol. The molecule has 0 bridgehead atoms. The Hall–Kier alpha value is -2.56. The average molecular weight is 258 g/mol. The molecule has 5 nitrogen and oxygen atoms in total. The lowest BCUT2D eigenvalue weighted by Gasteiger charge is -2.05. The van der Waals surface area contributed by atoms with Gasteiger partial charge in [0.2, 0.25) is 5.91 Å². The van der Waals surface area contributed by atoms with Crippen LogP contribution < -0.4 is 10.6 Å². The molecule has 5 heteroatoms. The Balaban J connectivity index is 1.99. The Kier molecular flexibility index (Phi) is 3.97. The van der Waals surface area contributed by atoms with Gasteiger partial charge in [-0.2, -0.15) is 0 Å². The smallest absolute Gasteiger partial charge is 0.258 e. The zero-order valence-corrected chi connectivity index (χ0v) is 10.5. The highest BCUT2D eigenvalue weighted by atomic mass is 16.3. The van der Waals surface area contributed by atoms with E-state index in [9.17, 15) is 9.59 Å². The van der Waals surface area contributed by atoms with Gasteiger partial charge in [0.1, 0.15) is 6.26 Å². The Morgan fingerprint density at radius 2 is 1.89 bits per heavy atom. The van der Waals surface area contributed by atoms with Crippen LogP contribution in [-0.2, 0) is 11.2 Å². The number of amides is 2. The molecule has 1 aromatic heterocycles. The van der Waals surface area contributed by atoms with Crippen LogP contribution in [0.4, 0.5) is 5.69 Å². The molecule has 1 heterocycles. The highest BCUT2D eigenvalue weighted by Gasteiger charge is 2.07. The van der Waals surface area contributed by atoms with E-state index in [0.717, 1.165) is 5.56 Å². The minimum atomic E-state index is -0.229. The van der Waals surface area contributed by atoms with Gasteiger partial charge in [-0.3, -0.25) is 9.59 Å². The van der Waals surface area contributed by atoms with Crippen LogP contribution in [0.2, 0.25) is 0 Å². The first-order valence-corrected chi connectivity index (χ1v) is 5.82. The molecule has 0 spiro atoms. The maximum atomic E-state index is 11.7. The first-order chi connectivity index (χ1) is 9.19. The maximum absolute atomic E-state index is 11.7. The molecule has 0 aliphatic heterocycles. The normalized spacial score (nSPS) is 9.95. The lowest BCUT2D eigenvalue weighted by atomic mass is 10.1. The molecule has 98 valence electrons. The quantitative estimate of drug-likeness (QED) is 0.878. The molecule has 19 heavy (non-hydrogen) atoms. The summed E-state index contributed by atoms with van der Waals surface area (Å²) in [5.74, 6) is -0.275. The molecular formula is C14H14N2O3. The number of hydrogen-bond acceptors (Lipinski definition) is 3. The first-order valence-electron chi connectivity index (χ1n) is 5.82. The Bertz CT molecular complexity index is 559. The van der Waals surface area contributed by atoms with Crippen LogP contribution in [0, 0.1) is 0 Å². The van der Waals surface area contributed by atoms with Gasteiger partial charge in [0.25, 0.3) is 5.91 Å². The van der Waals surface area contributed by atoms with Crippen molar-refractivity contribution in [3.05, 3.63) is 54.0 Å². The summed E-state index contributed by atoms with van der Waals surface area (Å²) in [7, 11) is 1.60. The molecule has 0 fully saturated rings. The molecule has 0 aliphatic rings. The van der Waals surface area contributed by atoms with Gasteiger partial charge in [0.15, 0.2) is 0 Å². The molecule has 0 unspecified atom stereocenters. The molecule has 2 N–H and O–H groups in total. The summed E-state index contributed by atoms with van der Waals surface area (Å²) in [5, 5.41) is 5.30. The van der Waals surface area contributed by atoms with E-state index in [1.807, 2.05) is 0 Å². The SMILES string of the molecule is CNC(=O)Cc1ccc(NC(=O)c2ccoc2)cc1. The van der Waals surface area contributed by atoms with Crippen molar-refractivity contribution < 1.29 is 14.0 Å². The van der Waals surface area contributed by atoms with Gasteiger partial charge in [-0.15, -0.1) is 0 Å². The minimum Gasteiger partial charge on any atom is -0.472 e. The van der Waals surface area contributed by atoms with Crippen molar-refractivity contribution in [2.45, 2.75) is 6.42 Å². The summed E-state index contributed by atoms with van der Waals surface area (Å²) in [4.78, 5) is 23.0. The number of nitrogens with one attached hydrogen (secondary N) is 2. The summed E-state index contributed by atoms with van der Waals surface area (Å²) < 4.78 is 4.84. The van der Waals surface area contributed by atoms with Crippen LogP contribution in [0.1, 0.15) is 15.9 Å². The molecule has 0 aliphatic carbocycles. The fraction of sp³-hybridized carbons (Fsp3) is 0.143. The third kappa shape index (κ3) is 3.45. The number of likely N-dealkylation sites (N-methyl/N-ethyl adjacent to an activating group) is 1. The van der Waals surface area contributed by atoms with E-state index in [2.05, 4.69) is 10.6 Å². The molecule has 0 atom stereocenters. The fourth-order valence-corrected chi connectivity index (χ4v) is 1.58. The lowest BCUT2D eigenvalue weighted by molar-refractivity contribution is -0.119. The molecule has 1 aromatic carbocycles. The number of carbonyl (C=O) groups excluding carboxylic acids is 2. The van der Waals surface area contributed by atoms with Gasteiger partial charge in [-0.05, 0) is 23.8 Å². The molecule has 2 rings (SSSR count). The second kappa shape index (κ2) is 5.86. The van der Waals surface area contributed by atoms with Gasteiger partial charge in [-0.25, -0.2) is 0 Å². The minimum absolute atomic E-state index is 0.0461. The number of rotatable bonds is 4. The lowest BCUT2D eigenvalue weighted by Crippen LogP contribution is -2.19. The Labute approximate surface area is 110 Å². The van der Waals surface area contributed by atoms with Gasteiger partial charge < -0.3 is 15.1 Å². The molecule has 2 amide bonds. The van der Waals surface area contributed by atoms with Crippen LogP contribution in [-0.4, -0.2) is 18.9 Å². The fourth-order valence-electron chi connectivity index (χ4n) is 1.58. The predicted octanol–water partition coefficient (Wildman–Crippen LogP) is 1.82. The molecule has 0 saturated heterocycles. The largest absolute Gasteiger partial charge is 0.472 e. The third-order valence-electron chi connectivity index (χ3n) is 2.64. The number of benzene rings is 1. The van der Waals surface area contributed by atoms with E-state index >= 15 is 0 Å². The van der Waals surface area contributed by atoms with Gasteiger partial charge in [0, 0.05) is 12.7 Å². The number of anilines is 1. The second-order valence-electron chi connectivity index (χ2n) is 4.01. The average Bonchev–Trinajstić information content (AvgIpc) is 2.95. The summed E-state index contributed by atoms with van der Waals surface area (Å²) in [5.41, 5.74) is 2.03. The Morgan fingerprint density at radius 3 is 2.47 bits per heavy atom. The summed E-state index contributed by atoms with van der Waals surface area (Å²) in [6.45, 7) is 0. The molecule has 0 radical (unpaired) electrons. The van der Waals surface area contributed by atoms with Gasteiger partial charge in [-0.1, -0.05) is 12.1 Å². The van der Waals surface area contributed by atoms with E-state index in [4.69, 9.17) is 4.42 Å². The van der Waals surface area contributed by atoms with E-state index in [0.29, 0.717) is 17.7 Å². The first kappa shape index (κ1) is 12.9. The summed E-state index contributed by atoms with van der Waals surface area (Å²) in [6.07, 6.45) is 3.16. The van der Waals surface area contributed by atoms with Crippen LogP contribution in [0.15, 0.2) is 47.3 Å². The van der Waals surface area contributed by atoms with Crippen LogP contribution >= 0.6 is 0 Å². The van der Waals surface area contributed by atoms with Crippen molar-refractivity contribution in [2.24, 2.45) is 0 Å². The van der Waals surface area contributed by atoms with Crippen molar-refractivity contribution in [3.63, 3.8) is 0 Å². The molecule has 0 saturated carbocycles. The zero-order valence-electron chi connectivity index (χ0n) is 10.5. The monoisotopic (exact) mass is 258 g/mol. The number of furan rings is 1. The van der Waals surface area contributed by atoms with Gasteiger partial charge in [0.05, 0.1) is 18.2 Å². The number of carbonyl (C=O) groups is 2. The number of hydrogen-bond donors (Lipinski definition) is 2. The van der Waals surface area contributed by atoms with E-state index in [1.165, 1.54) is 12.5 Å². The highest BCUT2D eigenvalue weighted by molar-refractivity contribution is 6.03. The topological polar surface area (TPSA) is 71.3 Å². The second-order valence-corrected chi connectivity index (χ2v) is 4.01. The maximum Gasteiger partial charge on any atom is 0.258 e. The van der Waals surface area contributed by atoms with Crippen molar-refractivity contribution in [1.29, 1.82) is 0 Å². The standard InChI is InChI=1S/C14H14N2O3/c1-15-13(17)8-10-2-4-12(5-3-10)16-14(18)11-6-7-19-9-11/h2-7,9H,8H2,1H3,(H,15,17)(H,16,18). The van der Waals surface area contributed by atoms with Crippen molar-refractivity contribution >= 4 is 17.5 Å². The Morgan fingerprint density at radius 1 is 1.16 bits per heavy atom. The van der Waals surface area contributed by atoms with Crippen LogP contribution in [0.25, 0.3) is 0 Å². The summed E-state index contributed by atoms with van der Waals surface area (Å²) >= 11 is 0. The van der Waals surface area contributed by atoms with Crippen LogP contribution in [0.5, 0.6) is 0 Å². The highest BCUT2D eigenvalue weighted by Crippen LogP contribution is 2.12. The molecular weight excluding hydrogens is 244 g/mol. The molecule has 2 aromatic rings. The van der Waals surface area contributed by atoms with E-state index in [-0.39, 0.29) is 11.8 Å². The summed E-state index contributed by atoms with van der Waals surface area (Å²) in [6, 6.07) is 8.72. The van der Waals surface area contributed by atoms with Crippen molar-refractivity contribution in [1.82, 2.24) is 5.32 Å². The van der Waals surface area contributed by atoms with Crippen molar-refractivity contribution in [2.75, 3.05) is 12.4 Å². The zero-order chi connectivity index (χ0) is 13.7. The third-order valence-corrected chi connectivity index (χ3v) is 2.64. The van der Waals surface area contributed by atoms with Crippen LogP contribution in [0.3, 0.4) is 0 Å². The van der Waals surface area contributed by atoms with E-state index < -0.39 is 0 Å². The van der Waals surface area contributed by atoms with Crippen molar-refractivity contribution in [3.8, 4) is 0 Å². The van der Waals surface area contributed by atoms with Gasteiger partial charge >= 0.3 is 0 Å². The van der Waals surface area contributed by atoms with E-state index in [1.54, 1.807) is 37.4 Å².